The van der Waals surface area contributed by atoms with E-state index >= 15 is 0 Å². The van der Waals surface area contributed by atoms with Gasteiger partial charge in [-0.3, -0.25) is 14.4 Å². The molecule has 0 aromatic heterocycles. The van der Waals surface area contributed by atoms with Gasteiger partial charge in [0.15, 0.2) is 29.9 Å². The van der Waals surface area contributed by atoms with E-state index in [0.717, 1.165) is 12.8 Å². The maximum absolute atomic E-state index is 11.4. The van der Waals surface area contributed by atoms with Gasteiger partial charge in [0.05, 0.1) is 6.61 Å². The Hall–Kier alpha value is -2.74. The van der Waals surface area contributed by atoms with E-state index in [2.05, 4.69) is 11.7 Å². The van der Waals surface area contributed by atoms with Crippen molar-refractivity contribution in [1.29, 1.82) is 0 Å². The van der Waals surface area contributed by atoms with Crippen molar-refractivity contribution in [2.24, 2.45) is 0 Å². The molecule has 0 heterocycles. The number of aliphatic hydroxyl groups excluding tert-OH is 4. The van der Waals surface area contributed by atoms with E-state index in [0.29, 0.717) is 6.42 Å². The number of aliphatic carboxylic acids is 2. The van der Waals surface area contributed by atoms with E-state index in [1.165, 1.54) is 90.9 Å². The quantitative estimate of drug-likeness (QED) is 0.0449. The Bertz CT molecular complexity index is 737. The molecule has 0 aliphatic heterocycles. The van der Waals surface area contributed by atoms with Gasteiger partial charge in [-0.05, 0) is 6.42 Å². The lowest BCUT2D eigenvalue weighted by molar-refractivity contribution is -0.167. The zero-order chi connectivity index (χ0) is 32.9. The topological polar surface area (TPSA) is 233 Å². The number of ether oxygens (including phenoxy) is 1. The Labute approximate surface area is 248 Å². The van der Waals surface area contributed by atoms with E-state index in [1.807, 2.05) is 0 Å². The fraction of sp³-hybridized carbons (Fsp3) is 0.793. The second-order valence-corrected chi connectivity index (χ2v) is 9.87. The molecule has 0 rings (SSSR count). The van der Waals surface area contributed by atoms with Gasteiger partial charge < -0.3 is 35.4 Å². The molecular formula is C29H52O13. The summed E-state index contributed by atoms with van der Waals surface area (Å²) in [6.45, 7) is 4.03. The van der Waals surface area contributed by atoms with Gasteiger partial charge >= 0.3 is 23.9 Å². The first-order valence-corrected chi connectivity index (χ1v) is 14.6. The number of carboxylic acids is 2. The van der Waals surface area contributed by atoms with E-state index in [9.17, 15) is 28.8 Å². The molecule has 246 valence electrons. The van der Waals surface area contributed by atoms with Gasteiger partial charge in [0, 0.05) is 20.3 Å². The molecule has 3 atom stereocenters. The predicted molar refractivity (Wildman–Crippen MR) is 152 cm³/mol. The van der Waals surface area contributed by atoms with Gasteiger partial charge in [-0.25, -0.2) is 14.4 Å². The van der Waals surface area contributed by atoms with Crippen molar-refractivity contribution < 1.29 is 64.1 Å². The van der Waals surface area contributed by atoms with Crippen LogP contribution in [0.15, 0.2) is 0 Å². The van der Waals surface area contributed by atoms with Crippen molar-refractivity contribution in [3.8, 4) is 0 Å². The SMILES string of the molecule is CC(=O)C(C)=O.CCCCCCCCCCCCCCCCCC(=O)OC(=O)C(O)CO.O=C(O)C(O)C(O)C(=O)O. The monoisotopic (exact) mass is 608 g/mol. The van der Waals surface area contributed by atoms with Gasteiger partial charge in [0.1, 0.15) is 0 Å². The number of ketones is 2. The summed E-state index contributed by atoms with van der Waals surface area (Å²) in [6.07, 6.45) is 12.8. The summed E-state index contributed by atoms with van der Waals surface area (Å²) in [6, 6.07) is 0. The number of hydrogen-bond acceptors (Lipinski definition) is 11. The number of Topliss-reactive ketones (excluding diaryl/α,β-unsaturated/α-hetero) is 2. The summed E-state index contributed by atoms with van der Waals surface area (Å²) >= 11 is 0. The van der Waals surface area contributed by atoms with Crippen LogP contribution in [0, 0.1) is 0 Å². The smallest absolute Gasteiger partial charge is 0.345 e. The Kier molecular flexibility index (Phi) is 31.0. The number of esters is 2. The lowest BCUT2D eigenvalue weighted by Crippen LogP contribution is -2.39. The highest BCUT2D eigenvalue weighted by Crippen LogP contribution is 2.13. The Morgan fingerprint density at radius 1 is 0.571 bits per heavy atom. The first kappa shape index (κ1) is 43.7. The molecule has 6 N–H and O–H groups in total. The lowest BCUT2D eigenvalue weighted by Gasteiger charge is -2.07. The van der Waals surface area contributed by atoms with Crippen LogP contribution in [0.2, 0.25) is 0 Å². The van der Waals surface area contributed by atoms with E-state index in [4.69, 9.17) is 30.6 Å². The van der Waals surface area contributed by atoms with Crippen molar-refractivity contribution in [1.82, 2.24) is 0 Å². The summed E-state index contributed by atoms with van der Waals surface area (Å²) in [7, 11) is 0. The summed E-state index contributed by atoms with van der Waals surface area (Å²) in [5.74, 6) is -5.99. The molecule has 13 heteroatoms. The number of aliphatic hydroxyl groups is 4. The summed E-state index contributed by atoms with van der Waals surface area (Å²) < 4.78 is 4.43. The fourth-order valence-electron chi connectivity index (χ4n) is 3.22. The lowest BCUT2D eigenvalue weighted by atomic mass is 10.0. The largest absolute Gasteiger partial charge is 0.479 e. The highest BCUT2D eigenvalue weighted by molar-refractivity contribution is 6.35. The van der Waals surface area contributed by atoms with Crippen LogP contribution >= 0.6 is 0 Å². The third-order valence-electron chi connectivity index (χ3n) is 5.94. The van der Waals surface area contributed by atoms with E-state index in [1.54, 1.807) is 0 Å². The second kappa shape index (κ2) is 29.7. The molecule has 0 amide bonds. The molecule has 0 aliphatic rings. The highest BCUT2D eigenvalue weighted by Gasteiger charge is 2.29. The number of carbonyl (C=O) groups is 6. The van der Waals surface area contributed by atoms with Crippen LogP contribution in [0.25, 0.3) is 0 Å². The number of unbranched alkanes of at least 4 members (excludes halogenated alkanes) is 14. The molecule has 3 unspecified atom stereocenters. The van der Waals surface area contributed by atoms with Crippen molar-refractivity contribution in [3.05, 3.63) is 0 Å². The third-order valence-corrected chi connectivity index (χ3v) is 5.94. The van der Waals surface area contributed by atoms with Gasteiger partial charge in [-0.15, -0.1) is 0 Å². The minimum atomic E-state index is -2.27. The van der Waals surface area contributed by atoms with Crippen molar-refractivity contribution in [2.75, 3.05) is 6.61 Å². The standard InChI is InChI=1S/C21H40O5.C4H6O6.C4H6O2/c1-2-3-4-5-6-7-8-9-10-11-12-13-14-15-16-17-20(24)26-21(25)19(23)18-22;5-1(3(7)8)2(6)4(9)10;1-3(5)4(2)6/h19,22-23H,2-18H2,1H3;1-2,5-6H,(H,7,8)(H,9,10);1-2H3. The van der Waals surface area contributed by atoms with Crippen molar-refractivity contribution >= 4 is 35.4 Å². The predicted octanol–water partition coefficient (Wildman–Crippen LogP) is 2.71. The van der Waals surface area contributed by atoms with Crippen LogP contribution in [0.1, 0.15) is 124 Å². The first-order valence-electron chi connectivity index (χ1n) is 14.6. The van der Waals surface area contributed by atoms with Crippen LogP contribution in [-0.4, -0.2) is 91.0 Å². The molecule has 0 saturated carbocycles. The second-order valence-electron chi connectivity index (χ2n) is 9.87. The molecule has 0 bridgehead atoms. The summed E-state index contributed by atoms with van der Waals surface area (Å²) in [4.78, 5) is 61.6. The molecule has 0 fully saturated rings. The Balaban J connectivity index is -0.000000773. The minimum absolute atomic E-state index is 0.183. The molecule has 0 aromatic carbocycles. The number of hydrogen-bond donors (Lipinski definition) is 6. The van der Waals surface area contributed by atoms with Crippen LogP contribution < -0.4 is 0 Å². The Morgan fingerprint density at radius 3 is 1.14 bits per heavy atom. The number of rotatable bonds is 22. The minimum Gasteiger partial charge on any atom is -0.479 e. The van der Waals surface area contributed by atoms with Crippen LogP contribution in [0.3, 0.4) is 0 Å². The van der Waals surface area contributed by atoms with E-state index in [-0.39, 0.29) is 18.0 Å². The highest BCUT2D eigenvalue weighted by atomic mass is 16.6. The van der Waals surface area contributed by atoms with Crippen molar-refractivity contribution in [2.45, 2.75) is 142 Å². The average Bonchev–Trinajstić information content (AvgIpc) is 2.94. The van der Waals surface area contributed by atoms with E-state index < -0.39 is 48.8 Å². The Morgan fingerprint density at radius 2 is 0.881 bits per heavy atom. The van der Waals surface area contributed by atoms with Crippen LogP contribution in [-0.2, 0) is 33.5 Å². The zero-order valence-corrected chi connectivity index (χ0v) is 25.3. The number of carbonyl (C=O) groups excluding carboxylic acids is 4. The normalized spacial score (nSPS) is 12.4. The maximum Gasteiger partial charge on any atom is 0.345 e. The zero-order valence-electron chi connectivity index (χ0n) is 25.3. The molecule has 13 nitrogen and oxygen atoms in total. The third kappa shape index (κ3) is 30.2. The molecule has 0 aliphatic carbocycles. The average molecular weight is 609 g/mol. The molecule has 0 spiro atoms. The van der Waals surface area contributed by atoms with Crippen molar-refractivity contribution in [3.63, 3.8) is 0 Å². The molecule has 42 heavy (non-hydrogen) atoms. The molecule has 0 radical (unpaired) electrons. The first-order chi connectivity index (χ1) is 19.7. The van der Waals surface area contributed by atoms with Gasteiger partial charge in [0.2, 0.25) is 0 Å². The van der Waals surface area contributed by atoms with Gasteiger partial charge in [0.25, 0.3) is 0 Å². The van der Waals surface area contributed by atoms with Gasteiger partial charge in [-0.1, -0.05) is 96.8 Å². The summed E-state index contributed by atoms with van der Waals surface area (Å²) in [5.41, 5.74) is 0. The van der Waals surface area contributed by atoms with Gasteiger partial charge in [-0.2, -0.15) is 0 Å². The van der Waals surface area contributed by atoms with Crippen LogP contribution in [0.4, 0.5) is 0 Å². The molecular weight excluding hydrogens is 556 g/mol. The fourth-order valence-corrected chi connectivity index (χ4v) is 3.22. The van der Waals surface area contributed by atoms with Crippen LogP contribution in [0.5, 0.6) is 0 Å². The molecule has 0 aromatic rings. The number of carboxylic acid groups (broad SMARTS) is 2. The maximum atomic E-state index is 11.4. The summed E-state index contributed by atoms with van der Waals surface area (Å²) in [5, 5.41) is 50.1. The molecule has 0 saturated heterocycles.